The average Bonchev–Trinajstić information content (AvgIpc) is 2.65. The van der Waals surface area contributed by atoms with E-state index in [1.54, 1.807) is 7.11 Å². The van der Waals surface area contributed by atoms with Gasteiger partial charge < -0.3 is 9.64 Å². The van der Waals surface area contributed by atoms with Crippen LogP contribution in [0, 0.1) is 0 Å². The molecular weight excluding hydrogens is 350 g/mol. The van der Waals surface area contributed by atoms with Gasteiger partial charge in [-0.05, 0) is 37.6 Å². The first kappa shape index (κ1) is 19.6. The number of likely N-dealkylation sites (N-methyl/N-ethyl adjacent to an activating group) is 1. The van der Waals surface area contributed by atoms with Gasteiger partial charge in [-0.2, -0.15) is 0 Å². The standard InChI is InChI=1S/C20H30ClN3O2/c1-22-12-13-23(15-17-3-5-18(21)6-4-17)16-20(22)8-10-24(11-9-20)19(25)7-14-26-2/h3-6H,7-16H2,1-2H3. The summed E-state index contributed by atoms with van der Waals surface area (Å²) in [7, 11) is 3.88. The monoisotopic (exact) mass is 379 g/mol. The fourth-order valence-electron chi connectivity index (χ4n) is 4.19. The lowest BCUT2D eigenvalue weighted by Gasteiger charge is -2.53. The predicted molar refractivity (Wildman–Crippen MR) is 104 cm³/mol. The van der Waals surface area contributed by atoms with Crippen molar-refractivity contribution in [2.45, 2.75) is 31.3 Å². The Labute approximate surface area is 161 Å². The van der Waals surface area contributed by atoms with Crippen LogP contribution in [0.25, 0.3) is 0 Å². The number of rotatable bonds is 5. The summed E-state index contributed by atoms with van der Waals surface area (Å²) < 4.78 is 5.04. The van der Waals surface area contributed by atoms with E-state index in [0.29, 0.717) is 13.0 Å². The van der Waals surface area contributed by atoms with Gasteiger partial charge in [0, 0.05) is 56.9 Å². The summed E-state index contributed by atoms with van der Waals surface area (Å²) in [5, 5.41) is 0.786. The third kappa shape index (κ3) is 4.58. The molecule has 1 spiro atoms. The first-order valence-corrected chi connectivity index (χ1v) is 9.85. The van der Waals surface area contributed by atoms with Crippen LogP contribution in [-0.2, 0) is 16.1 Å². The van der Waals surface area contributed by atoms with Crippen LogP contribution in [-0.4, -0.2) is 79.6 Å². The summed E-state index contributed by atoms with van der Waals surface area (Å²) in [4.78, 5) is 19.3. The zero-order valence-corrected chi connectivity index (χ0v) is 16.7. The second-order valence-corrected chi connectivity index (χ2v) is 8.04. The van der Waals surface area contributed by atoms with Crippen LogP contribution < -0.4 is 0 Å². The first-order chi connectivity index (χ1) is 12.5. The lowest BCUT2D eigenvalue weighted by molar-refractivity contribution is -0.135. The van der Waals surface area contributed by atoms with Crippen molar-refractivity contribution in [1.82, 2.24) is 14.7 Å². The molecule has 3 rings (SSSR count). The van der Waals surface area contributed by atoms with E-state index in [1.165, 1.54) is 5.56 Å². The molecule has 26 heavy (non-hydrogen) atoms. The van der Waals surface area contributed by atoms with Crippen LogP contribution in [0.3, 0.4) is 0 Å². The SMILES string of the molecule is COCCC(=O)N1CCC2(CC1)CN(Cc1ccc(Cl)cc1)CCN2C. The molecule has 0 atom stereocenters. The van der Waals surface area contributed by atoms with Gasteiger partial charge in [-0.25, -0.2) is 0 Å². The van der Waals surface area contributed by atoms with Crippen molar-refractivity contribution in [3.05, 3.63) is 34.9 Å². The van der Waals surface area contributed by atoms with E-state index in [2.05, 4.69) is 29.0 Å². The van der Waals surface area contributed by atoms with Crippen LogP contribution >= 0.6 is 11.6 Å². The molecule has 2 fully saturated rings. The molecule has 6 heteroatoms. The van der Waals surface area contributed by atoms with Gasteiger partial charge in [0.25, 0.3) is 0 Å². The van der Waals surface area contributed by atoms with Gasteiger partial charge in [-0.15, -0.1) is 0 Å². The third-order valence-electron chi connectivity index (χ3n) is 5.97. The minimum atomic E-state index is 0.183. The van der Waals surface area contributed by atoms with Crippen LogP contribution in [0.15, 0.2) is 24.3 Å². The predicted octanol–water partition coefficient (Wildman–Crippen LogP) is 2.49. The highest BCUT2D eigenvalue weighted by molar-refractivity contribution is 6.30. The smallest absolute Gasteiger partial charge is 0.224 e. The number of amides is 1. The number of hydrogen-bond acceptors (Lipinski definition) is 4. The quantitative estimate of drug-likeness (QED) is 0.787. The van der Waals surface area contributed by atoms with E-state index in [0.717, 1.165) is 57.1 Å². The Morgan fingerprint density at radius 1 is 1.15 bits per heavy atom. The van der Waals surface area contributed by atoms with Crippen molar-refractivity contribution < 1.29 is 9.53 Å². The van der Waals surface area contributed by atoms with Crippen LogP contribution in [0.2, 0.25) is 5.02 Å². The maximum absolute atomic E-state index is 12.3. The Bertz CT molecular complexity index is 600. The highest BCUT2D eigenvalue weighted by atomic mass is 35.5. The molecule has 2 aliphatic heterocycles. The highest BCUT2D eigenvalue weighted by Gasteiger charge is 2.42. The number of carbonyl (C=O) groups is 1. The molecule has 1 aromatic carbocycles. The topological polar surface area (TPSA) is 36.0 Å². The van der Waals surface area contributed by atoms with Gasteiger partial charge in [-0.1, -0.05) is 23.7 Å². The molecule has 0 aromatic heterocycles. The number of benzene rings is 1. The minimum absolute atomic E-state index is 0.183. The number of likely N-dealkylation sites (tertiary alicyclic amines) is 1. The maximum atomic E-state index is 12.3. The summed E-state index contributed by atoms with van der Waals surface area (Å²) in [5.74, 6) is 0.221. The molecular formula is C20H30ClN3O2. The number of hydrogen-bond donors (Lipinski definition) is 0. The second-order valence-electron chi connectivity index (χ2n) is 7.61. The summed E-state index contributed by atoms with van der Waals surface area (Å²) in [6.07, 6.45) is 2.57. The summed E-state index contributed by atoms with van der Waals surface area (Å²) in [5.41, 5.74) is 1.49. The molecule has 1 aromatic rings. The molecule has 0 radical (unpaired) electrons. The fourth-order valence-corrected chi connectivity index (χ4v) is 4.31. The van der Waals surface area contributed by atoms with Gasteiger partial charge >= 0.3 is 0 Å². The van der Waals surface area contributed by atoms with Gasteiger partial charge in [0.1, 0.15) is 0 Å². The molecule has 5 nitrogen and oxygen atoms in total. The lowest BCUT2D eigenvalue weighted by Crippen LogP contribution is -2.64. The molecule has 2 aliphatic rings. The molecule has 0 bridgehead atoms. The number of halogens is 1. The Balaban J connectivity index is 1.58. The molecule has 0 N–H and O–H groups in total. The van der Waals surface area contributed by atoms with Crippen molar-refractivity contribution in [3.8, 4) is 0 Å². The van der Waals surface area contributed by atoms with E-state index in [9.17, 15) is 4.79 Å². The molecule has 2 saturated heterocycles. The van der Waals surface area contributed by atoms with Crippen molar-refractivity contribution >= 4 is 17.5 Å². The molecule has 1 amide bonds. The van der Waals surface area contributed by atoms with E-state index < -0.39 is 0 Å². The summed E-state index contributed by atoms with van der Waals surface area (Å²) in [6, 6.07) is 8.16. The van der Waals surface area contributed by atoms with E-state index in [1.807, 2.05) is 17.0 Å². The molecule has 144 valence electrons. The summed E-state index contributed by atoms with van der Waals surface area (Å²) >= 11 is 6.00. The van der Waals surface area contributed by atoms with Crippen LogP contribution in [0.1, 0.15) is 24.8 Å². The molecule has 0 saturated carbocycles. The van der Waals surface area contributed by atoms with E-state index >= 15 is 0 Å². The normalized spacial score (nSPS) is 21.3. The van der Waals surface area contributed by atoms with Gasteiger partial charge in [0.2, 0.25) is 5.91 Å². The summed E-state index contributed by atoms with van der Waals surface area (Å²) in [6.45, 7) is 6.39. The largest absolute Gasteiger partial charge is 0.384 e. The zero-order chi connectivity index (χ0) is 18.6. The van der Waals surface area contributed by atoms with Crippen molar-refractivity contribution in [1.29, 1.82) is 0 Å². The first-order valence-electron chi connectivity index (χ1n) is 9.47. The number of ether oxygens (including phenoxy) is 1. The Kier molecular flexibility index (Phi) is 6.56. The number of piperazine rings is 1. The van der Waals surface area contributed by atoms with E-state index in [4.69, 9.17) is 16.3 Å². The second kappa shape index (κ2) is 8.70. The highest BCUT2D eigenvalue weighted by Crippen LogP contribution is 2.32. The van der Waals surface area contributed by atoms with Crippen molar-refractivity contribution in [3.63, 3.8) is 0 Å². The number of carbonyl (C=O) groups excluding carboxylic acids is 1. The van der Waals surface area contributed by atoms with Gasteiger partial charge in [0.15, 0.2) is 0 Å². The Morgan fingerprint density at radius 3 is 2.50 bits per heavy atom. The fraction of sp³-hybridized carbons (Fsp3) is 0.650. The Hall–Kier alpha value is -1.14. The van der Waals surface area contributed by atoms with Crippen molar-refractivity contribution in [2.75, 3.05) is 53.5 Å². The minimum Gasteiger partial charge on any atom is -0.384 e. The number of nitrogens with zero attached hydrogens (tertiary/aromatic N) is 3. The molecule has 0 unspecified atom stereocenters. The maximum Gasteiger partial charge on any atom is 0.224 e. The Morgan fingerprint density at radius 2 is 1.85 bits per heavy atom. The molecule has 2 heterocycles. The zero-order valence-electron chi connectivity index (χ0n) is 15.9. The van der Waals surface area contributed by atoms with Gasteiger partial charge in [0.05, 0.1) is 13.0 Å². The van der Waals surface area contributed by atoms with Crippen LogP contribution in [0.5, 0.6) is 0 Å². The third-order valence-corrected chi connectivity index (χ3v) is 6.22. The van der Waals surface area contributed by atoms with Crippen molar-refractivity contribution in [2.24, 2.45) is 0 Å². The van der Waals surface area contributed by atoms with E-state index in [-0.39, 0.29) is 11.4 Å². The number of piperidine rings is 1. The lowest BCUT2D eigenvalue weighted by atomic mass is 9.83. The molecule has 0 aliphatic carbocycles. The van der Waals surface area contributed by atoms with Gasteiger partial charge in [-0.3, -0.25) is 14.6 Å². The average molecular weight is 380 g/mol. The van der Waals surface area contributed by atoms with Crippen LogP contribution in [0.4, 0.5) is 0 Å². The number of methoxy groups -OCH3 is 1.